The molecule has 94 valence electrons. The molecule has 0 aromatic rings. The summed E-state index contributed by atoms with van der Waals surface area (Å²) in [5.41, 5.74) is 5.21. The third-order valence-electron chi connectivity index (χ3n) is 2.87. The van der Waals surface area contributed by atoms with Crippen LogP contribution in [0.15, 0.2) is 0 Å². The summed E-state index contributed by atoms with van der Waals surface area (Å²) in [6.07, 6.45) is 2.58. The minimum Gasteiger partial charge on any atom is -0.368 e. The van der Waals surface area contributed by atoms with E-state index in [4.69, 9.17) is 5.73 Å². The lowest BCUT2D eigenvalue weighted by atomic mass is 10.0. The summed E-state index contributed by atoms with van der Waals surface area (Å²) in [4.78, 5) is 13.0. The summed E-state index contributed by atoms with van der Waals surface area (Å²) in [7, 11) is -3.14. The molecule has 1 saturated heterocycles. The third kappa shape index (κ3) is 4.07. The molecular weight excluding hydrogens is 230 g/mol. The smallest absolute Gasteiger partial charge is 0.234 e. The molecule has 0 aromatic carbocycles. The van der Waals surface area contributed by atoms with Gasteiger partial charge in [0, 0.05) is 19.1 Å². The van der Waals surface area contributed by atoms with E-state index in [2.05, 4.69) is 4.72 Å². The molecule has 1 amide bonds. The van der Waals surface area contributed by atoms with Crippen molar-refractivity contribution in [2.75, 3.05) is 19.3 Å². The molecule has 1 fully saturated rings. The molecule has 1 rings (SSSR count). The van der Waals surface area contributed by atoms with Gasteiger partial charge in [-0.25, -0.2) is 13.1 Å². The number of hydrogen-bond donors (Lipinski definition) is 2. The summed E-state index contributed by atoms with van der Waals surface area (Å²) in [6, 6.07) is -0.300. The van der Waals surface area contributed by atoms with Gasteiger partial charge in [-0.1, -0.05) is 0 Å². The van der Waals surface area contributed by atoms with E-state index in [1.165, 1.54) is 0 Å². The molecule has 0 bridgehead atoms. The highest BCUT2D eigenvalue weighted by atomic mass is 32.2. The molecule has 0 aromatic heterocycles. The highest BCUT2D eigenvalue weighted by molar-refractivity contribution is 7.88. The lowest BCUT2D eigenvalue weighted by Crippen LogP contribution is -2.50. The van der Waals surface area contributed by atoms with Crippen LogP contribution in [0.4, 0.5) is 0 Å². The highest BCUT2D eigenvalue weighted by Crippen LogP contribution is 2.13. The second-order valence-electron chi connectivity index (χ2n) is 4.28. The second kappa shape index (κ2) is 5.11. The van der Waals surface area contributed by atoms with Gasteiger partial charge in [0.1, 0.15) is 0 Å². The van der Waals surface area contributed by atoms with Crippen LogP contribution in [-0.4, -0.2) is 50.7 Å². The van der Waals surface area contributed by atoms with Crippen molar-refractivity contribution in [1.29, 1.82) is 0 Å². The topological polar surface area (TPSA) is 92.5 Å². The van der Waals surface area contributed by atoms with Crippen LogP contribution in [0, 0.1) is 0 Å². The Hall–Kier alpha value is -0.660. The van der Waals surface area contributed by atoms with E-state index >= 15 is 0 Å². The summed E-state index contributed by atoms with van der Waals surface area (Å²) in [6.45, 7) is 3.15. The van der Waals surface area contributed by atoms with Gasteiger partial charge in [-0.2, -0.15) is 0 Å². The molecule has 1 aliphatic heterocycles. The maximum atomic E-state index is 11.0. The number of sulfonamides is 1. The first-order valence-corrected chi connectivity index (χ1v) is 7.19. The third-order valence-corrected chi connectivity index (χ3v) is 3.63. The summed E-state index contributed by atoms with van der Waals surface area (Å²) >= 11 is 0. The number of rotatable bonds is 4. The summed E-state index contributed by atoms with van der Waals surface area (Å²) < 4.78 is 24.6. The van der Waals surface area contributed by atoms with E-state index in [1.807, 2.05) is 4.90 Å². The number of hydrogen-bond acceptors (Lipinski definition) is 4. The van der Waals surface area contributed by atoms with Gasteiger partial charge >= 0.3 is 0 Å². The van der Waals surface area contributed by atoms with Crippen molar-refractivity contribution >= 4 is 15.9 Å². The van der Waals surface area contributed by atoms with Crippen LogP contribution in [0.25, 0.3) is 0 Å². The zero-order chi connectivity index (χ0) is 12.3. The predicted molar refractivity (Wildman–Crippen MR) is 61.2 cm³/mol. The molecule has 16 heavy (non-hydrogen) atoms. The number of carbonyl (C=O) groups is 1. The average Bonchev–Trinajstić information content (AvgIpc) is 2.15. The fraction of sp³-hybridized carbons (Fsp3) is 0.889. The van der Waals surface area contributed by atoms with E-state index in [0.717, 1.165) is 6.26 Å². The molecule has 6 nitrogen and oxygen atoms in total. The average molecular weight is 249 g/mol. The van der Waals surface area contributed by atoms with E-state index in [9.17, 15) is 13.2 Å². The molecule has 0 aliphatic carbocycles. The molecule has 1 heterocycles. The van der Waals surface area contributed by atoms with Gasteiger partial charge in [-0.15, -0.1) is 0 Å². The van der Waals surface area contributed by atoms with Gasteiger partial charge in [-0.3, -0.25) is 9.69 Å². The Morgan fingerprint density at radius 2 is 1.94 bits per heavy atom. The zero-order valence-electron chi connectivity index (χ0n) is 9.64. The normalized spacial score (nSPS) is 21.9. The Morgan fingerprint density at radius 3 is 2.31 bits per heavy atom. The van der Waals surface area contributed by atoms with E-state index in [-0.39, 0.29) is 18.0 Å². The first-order chi connectivity index (χ1) is 7.29. The summed E-state index contributed by atoms with van der Waals surface area (Å²) in [5.74, 6) is -0.338. The Morgan fingerprint density at radius 1 is 1.44 bits per heavy atom. The number of piperidine rings is 1. The Kier molecular flexibility index (Phi) is 4.28. The van der Waals surface area contributed by atoms with Crippen molar-refractivity contribution in [2.45, 2.75) is 31.8 Å². The lowest BCUT2D eigenvalue weighted by molar-refractivity contribution is -0.123. The SMILES string of the molecule is C[C@@H](C(N)=O)N1CCC(NS(C)(=O)=O)CC1. The Balaban J connectivity index is 2.43. The van der Waals surface area contributed by atoms with Gasteiger partial charge in [-0.05, 0) is 19.8 Å². The summed E-state index contributed by atoms with van der Waals surface area (Å²) in [5, 5.41) is 0. The second-order valence-corrected chi connectivity index (χ2v) is 6.06. The number of nitrogens with zero attached hydrogens (tertiary/aromatic N) is 1. The number of carbonyl (C=O) groups excluding carboxylic acids is 1. The quantitative estimate of drug-likeness (QED) is 0.659. The van der Waals surface area contributed by atoms with Gasteiger partial charge < -0.3 is 5.73 Å². The molecule has 1 aliphatic rings. The zero-order valence-corrected chi connectivity index (χ0v) is 10.5. The highest BCUT2D eigenvalue weighted by Gasteiger charge is 2.26. The number of nitrogens with one attached hydrogen (secondary N) is 1. The van der Waals surface area contributed by atoms with Crippen molar-refractivity contribution < 1.29 is 13.2 Å². The molecule has 0 spiro atoms. The molecular formula is C9H19N3O3S. The maximum Gasteiger partial charge on any atom is 0.234 e. The number of amides is 1. The molecule has 0 radical (unpaired) electrons. The predicted octanol–water partition coefficient (Wildman–Crippen LogP) is -1.13. The number of nitrogens with two attached hydrogens (primary N) is 1. The first kappa shape index (κ1) is 13.4. The van der Waals surface area contributed by atoms with E-state index in [1.54, 1.807) is 6.92 Å². The van der Waals surface area contributed by atoms with Gasteiger partial charge in [0.25, 0.3) is 0 Å². The van der Waals surface area contributed by atoms with Crippen molar-refractivity contribution in [2.24, 2.45) is 5.73 Å². The van der Waals surface area contributed by atoms with Crippen LogP contribution in [-0.2, 0) is 14.8 Å². The lowest BCUT2D eigenvalue weighted by Gasteiger charge is -2.34. The minimum absolute atomic E-state index is 0.0219. The van der Waals surface area contributed by atoms with Crippen LogP contribution >= 0.6 is 0 Å². The largest absolute Gasteiger partial charge is 0.368 e. The molecule has 0 saturated carbocycles. The van der Waals surface area contributed by atoms with Gasteiger partial charge in [0.05, 0.1) is 12.3 Å². The van der Waals surface area contributed by atoms with E-state index in [0.29, 0.717) is 25.9 Å². The monoisotopic (exact) mass is 249 g/mol. The minimum atomic E-state index is -3.14. The van der Waals surface area contributed by atoms with E-state index < -0.39 is 10.0 Å². The van der Waals surface area contributed by atoms with Crippen LogP contribution in [0.1, 0.15) is 19.8 Å². The van der Waals surface area contributed by atoms with Crippen molar-refractivity contribution in [3.05, 3.63) is 0 Å². The van der Waals surface area contributed by atoms with Crippen LogP contribution < -0.4 is 10.5 Å². The van der Waals surface area contributed by atoms with Gasteiger partial charge in [0.2, 0.25) is 15.9 Å². The standard InChI is InChI=1S/C9H19N3O3S/c1-7(9(10)13)12-5-3-8(4-6-12)11-16(2,14)15/h7-8,11H,3-6H2,1-2H3,(H2,10,13)/t7-/m0/s1. The molecule has 0 unspecified atom stereocenters. The van der Waals surface area contributed by atoms with Gasteiger partial charge in [0.15, 0.2) is 0 Å². The van der Waals surface area contributed by atoms with Crippen molar-refractivity contribution in [3.63, 3.8) is 0 Å². The first-order valence-electron chi connectivity index (χ1n) is 5.30. The van der Waals surface area contributed by atoms with Crippen molar-refractivity contribution in [3.8, 4) is 0 Å². The van der Waals surface area contributed by atoms with Crippen molar-refractivity contribution in [1.82, 2.24) is 9.62 Å². The Bertz CT molecular complexity index is 347. The fourth-order valence-corrected chi connectivity index (χ4v) is 2.73. The number of primary amides is 1. The maximum absolute atomic E-state index is 11.0. The molecule has 3 N–H and O–H groups in total. The molecule has 7 heteroatoms. The van der Waals surface area contributed by atoms with Crippen LogP contribution in [0.3, 0.4) is 0 Å². The van der Waals surface area contributed by atoms with Crippen LogP contribution in [0.5, 0.6) is 0 Å². The fourth-order valence-electron chi connectivity index (χ4n) is 1.89. The number of likely N-dealkylation sites (tertiary alicyclic amines) is 1. The Labute approximate surface area is 96.2 Å². The molecule has 1 atom stereocenters. The van der Waals surface area contributed by atoms with Crippen LogP contribution in [0.2, 0.25) is 0 Å².